The number of carbonyl (C=O) groups is 1. The highest BCUT2D eigenvalue weighted by molar-refractivity contribution is 7.09. The van der Waals surface area contributed by atoms with Gasteiger partial charge in [0.25, 0.3) is 5.91 Å². The Bertz CT molecular complexity index is 1160. The quantitative estimate of drug-likeness (QED) is 0.436. The summed E-state index contributed by atoms with van der Waals surface area (Å²) in [5.41, 5.74) is 2.32. The zero-order chi connectivity index (χ0) is 21.2. The number of piperazine rings is 1. The van der Waals surface area contributed by atoms with Crippen LogP contribution in [0.3, 0.4) is 0 Å². The molecule has 1 saturated heterocycles. The molecule has 0 bridgehead atoms. The predicted molar refractivity (Wildman–Crippen MR) is 118 cm³/mol. The maximum Gasteiger partial charge on any atom is 0.276 e. The van der Waals surface area contributed by atoms with Gasteiger partial charge >= 0.3 is 0 Å². The molecule has 1 amide bonds. The molecule has 0 N–H and O–H groups in total. The Balaban J connectivity index is 1.16. The number of carbonyl (C=O) groups excluding carboxylic acids is 1. The fourth-order valence-corrected chi connectivity index (χ4v) is 4.48. The number of hydrogen-bond donors (Lipinski definition) is 0. The van der Waals surface area contributed by atoms with Gasteiger partial charge in [0.05, 0.1) is 18.5 Å². The van der Waals surface area contributed by atoms with E-state index in [0.717, 1.165) is 40.9 Å². The second-order valence-electron chi connectivity index (χ2n) is 7.26. The molecule has 1 fully saturated rings. The van der Waals surface area contributed by atoms with Gasteiger partial charge in [-0.25, -0.2) is 4.98 Å². The van der Waals surface area contributed by atoms with Crippen molar-refractivity contribution in [1.29, 1.82) is 0 Å². The minimum atomic E-state index is -0.125. The van der Waals surface area contributed by atoms with E-state index in [0.29, 0.717) is 30.3 Å². The zero-order valence-electron chi connectivity index (χ0n) is 16.5. The first-order valence-corrected chi connectivity index (χ1v) is 11.1. The Kier molecular flexibility index (Phi) is 5.59. The Hall–Kier alpha value is -2.94. The van der Waals surface area contributed by atoms with Gasteiger partial charge in [0, 0.05) is 48.2 Å². The second-order valence-corrected chi connectivity index (χ2v) is 8.63. The van der Waals surface area contributed by atoms with Gasteiger partial charge < -0.3 is 13.8 Å². The Morgan fingerprint density at radius 1 is 1.10 bits per heavy atom. The molecule has 0 atom stereocenters. The van der Waals surface area contributed by atoms with E-state index >= 15 is 0 Å². The minimum absolute atomic E-state index is 0.125. The van der Waals surface area contributed by atoms with Gasteiger partial charge in [-0.2, -0.15) is 0 Å². The number of nitrogens with zero attached hydrogens (tertiary/aromatic N) is 4. The Morgan fingerprint density at radius 2 is 1.90 bits per heavy atom. The molecule has 0 aliphatic carbocycles. The third-order valence-electron chi connectivity index (χ3n) is 5.20. The summed E-state index contributed by atoms with van der Waals surface area (Å²) in [6.45, 7) is 3.61. The van der Waals surface area contributed by atoms with Crippen molar-refractivity contribution in [3.8, 4) is 22.8 Å². The third kappa shape index (κ3) is 4.41. The van der Waals surface area contributed by atoms with Crippen LogP contribution in [0.15, 0.2) is 63.0 Å². The van der Waals surface area contributed by atoms with Gasteiger partial charge in [-0.05, 0) is 24.3 Å². The van der Waals surface area contributed by atoms with Crippen LogP contribution >= 0.6 is 22.9 Å². The highest BCUT2D eigenvalue weighted by Crippen LogP contribution is 2.25. The van der Waals surface area contributed by atoms with Crippen molar-refractivity contribution < 1.29 is 13.7 Å². The van der Waals surface area contributed by atoms with Crippen LogP contribution in [0.2, 0.25) is 5.02 Å². The molecule has 0 saturated carbocycles. The lowest BCUT2D eigenvalue weighted by molar-refractivity contribution is 0.0618. The average molecular weight is 455 g/mol. The monoisotopic (exact) mass is 454 g/mol. The van der Waals surface area contributed by atoms with Crippen LogP contribution in [0.5, 0.6) is 0 Å². The maximum absolute atomic E-state index is 12.8. The summed E-state index contributed by atoms with van der Waals surface area (Å²) < 4.78 is 10.5. The number of thiazole rings is 1. The minimum Gasteiger partial charge on any atom is -0.461 e. The van der Waals surface area contributed by atoms with Gasteiger partial charge in [-0.1, -0.05) is 28.9 Å². The second kappa shape index (κ2) is 8.66. The summed E-state index contributed by atoms with van der Waals surface area (Å²) in [7, 11) is 0. The number of hydrogen-bond acceptors (Lipinski definition) is 7. The molecule has 7 nitrogen and oxygen atoms in total. The lowest BCUT2D eigenvalue weighted by Crippen LogP contribution is -2.48. The molecule has 0 spiro atoms. The average Bonchev–Trinajstić information content (AvgIpc) is 3.55. The molecule has 31 heavy (non-hydrogen) atoms. The number of halogens is 1. The molecular weight excluding hydrogens is 436 g/mol. The lowest BCUT2D eigenvalue weighted by atomic mass is 10.2. The van der Waals surface area contributed by atoms with Crippen molar-refractivity contribution in [3.05, 3.63) is 69.8 Å². The van der Waals surface area contributed by atoms with Gasteiger partial charge in [-0.3, -0.25) is 9.69 Å². The van der Waals surface area contributed by atoms with Gasteiger partial charge in [0.15, 0.2) is 11.5 Å². The zero-order valence-corrected chi connectivity index (χ0v) is 18.1. The molecule has 1 aliphatic heterocycles. The molecule has 4 aromatic rings. The SMILES string of the molecule is O=C(c1cc(-c2ccco2)on1)N1CCN(Cc2nc(-c3ccc(Cl)cc3)cs2)CC1. The summed E-state index contributed by atoms with van der Waals surface area (Å²) >= 11 is 7.62. The molecule has 9 heteroatoms. The molecule has 5 rings (SSSR count). The van der Waals surface area contributed by atoms with Crippen LogP contribution in [-0.4, -0.2) is 52.0 Å². The Labute approximate surface area is 187 Å². The smallest absolute Gasteiger partial charge is 0.276 e. The lowest BCUT2D eigenvalue weighted by Gasteiger charge is -2.33. The topological polar surface area (TPSA) is 75.6 Å². The summed E-state index contributed by atoms with van der Waals surface area (Å²) in [5.74, 6) is 0.880. The first-order chi connectivity index (χ1) is 15.2. The fraction of sp³-hybridized carbons (Fsp3) is 0.227. The van der Waals surface area contributed by atoms with Crippen LogP contribution in [0.4, 0.5) is 0 Å². The standard InChI is InChI=1S/C22H19ClN4O3S/c23-16-5-3-15(4-6-16)18-14-31-21(24-18)13-26-7-9-27(10-8-26)22(28)17-12-20(30-25-17)19-2-1-11-29-19/h1-6,11-12,14H,7-10,13H2. The van der Waals surface area contributed by atoms with Crippen molar-refractivity contribution in [2.45, 2.75) is 6.54 Å². The highest BCUT2D eigenvalue weighted by atomic mass is 35.5. The molecule has 3 aromatic heterocycles. The molecule has 1 aromatic carbocycles. The first-order valence-electron chi connectivity index (χ1n) is 9.88. The molecule has 0 radical (unpaired) electrons. The normalized spacial score (nSPS) is 14.8. The molecule has 4 heterocycles. The van der Waals surface area contributed by atoms with Crippen LogP contribution in [0.1, 0.15) is 15.5 Å². The summed E-state index contributed by atoms with van der Waals surface area (Å²) in [6.07, 6.45) is 1.55. The maximum atomic E-state index is 12.8. The molecular formula is C22H19ClN4O3S. The van der Waals surface area contributed by atoms with E-state index in [1.54, 1.807) is 40.7 Å². The van der Waals surface area contributed by atoms with Crippen molar-refractivity contribution in [3.63, 3.8) is 0 Å². The summed E-state index contributed by atoms with van der Waals surface area (Å²) in [6, 6.07) is 12.9. The van der Waals surface area contributed by atoms with Crippen LogP contribution in [0.25, 0.3) is 22.8 Å². The van der Waals surface area contributed by atoms with Gasteiger partial charge in [-0.15, -0.1) is 11.3 Å². The largest absolute Gasteiger partial charge is 0.461 e. The van der Waals surface area contributed by atoms with E-state index in [-0.39, 0.29) is 5.91 Å². The summed E-state index contributed by atoms with van der Waals surface area (Å²) in [4.78, 5) is 21.6. The molecule has 0 unspecified atom stereocenters. The van der Waals surface area contributed by atoms with Crippen LogP contribution < -0.4 is 0 Å². The van der Waals surface area contributed by atoms with E-state index in [1.807, 2.05) is 24.3 Å². The van der Waals surface area contributed by atoms with Crippen molar-refractivity contribution in [2.75, 3.05) is 26.2 Å². The van der Waals surface area contributed by atoms with Crippen molar-refractivity contribution in [1.82, 2.24) is 19.9 Å². The Morgan fingerprint density at radius 3 is 2.65 bits per heavy atom. The van der Waals surface area contributed by atoms with E-state index in [9.17, 15) is 4.79 Å². The summed E-state index contributed by atoms with van der Waals surface area (Å²) in [5, 5.41) is 7.76. The van der Waals surface area contributed by atoms with E-state index in [1.165, 1.54) is 0 Å². The number of furan rings is 1. The molecule has 1 aliphatic rings. The number of rotatable bonds is 5. The first kappa shape index (κ1) is 20.0. The number of aromatic nitrogens is 2. The van der Waals surface area contributed by atoms with E-state index in [4.69, 9.17) is 25.5 Å². The third-order valence-corrected chi connectivity index (χ3v) is 6.29. The van der Waals surface area contributed by atoms with Crippen molar-refractivity contribution in [2.24, 2.45) is 0 Å². The molecule has 158 valence electrons. The number of amides is 1. The van der Waals surface area contributed by atoms with Crippen molar-refractivity contribution >= 4 is 28.8 Å². The van der Waals surface area contributed by atoms with Gasteiger partial charge in [0.2, 0.25) is 5.76 Å². The predicted octanol–water partition coefficient (Wildman–Crippen LogP) is 4.67. The fourth-order valence-electron chi connectivity index (χ4n) is 3.51. The van der Waals surface area contributed by atoms with E-state index in [2.05, 4.69) is 15.4 Å². The number of benzene rings is 1. The van der Waals surface area contributed by atoms with E-state index < -0.39 is 0 Å². The highest BCUT2D eigenvalue weighted by Gasteiger charge is 2.25. The van der Waals surface area contributed by atoms with Gasteiger partial charge in [0.1, 0.15) is 5.01 Å². The van der Waals surface area contributed by atoms with Crippen LogP contribution in [-0.2, 0) is 6.54 Å². The van der Waals surface area contributed by atoms with Crippen LogP contribution in [0, 0.1) is 0 Å².